The van der Waals surface area contributed by atoms with E-state index in [9.17, 15) is 9.90 Å². The maximum atomic E-state index is 12.5. The second-order valence-corrected chi connectivity index (χ2v) is 5.83. The van der Waals surface area contributed by atoms with Crippen LogP contribution in [0.5, 0.6) is 0 Å². The van der Waals surface area contributed by atoms with Gasteiger partial charge in [0.1, 0.15) is 0 Å². The standard InChI is InChI=1S/C16H21NO3/c18-11-16(8-3-4-9-16)17-15(19)14-13-6-2-1-5-12(13)7-10-20-14/h1-2,5-6,14,18H,3-4,7-11H2,(H,17,19). The molecule has 0 bridgehead atoms. The molecule has 4 heteroatoms. The molecule has 1 aliphatic carbocycles. The second-order valence-electron chi connectivity index (χ2n) is 5.83. The van der Waals surface area contributed by atoms with Crippen molar-refractivity contribution in [2.75, 3.05) is 13.2 Å². The number of aliphatic hydroxyl groups is 1. The number of carbonyl (C=O) groups excluding carboxylic acids is 1. The minimum atomic E-state index is -0.538. The third-order valence-electron chi connectivity index (χ3n) is 4.48. The van der Waals surface area contributed by atoms with E-state index in [0.717, 1.165) is 37.7 Å². The molecule has 2 N–H and O–H groups in total. The van der Waals surface area contributed by atoms with E-state index in [1.54, 1.807) is 0 Å². The van der Waals surface area contributed by atoms with Crippen molar-refractivity contribution >= 4 is 5.91 Å². The molecule has 0 aromatic heterocycles. The average Bonchev–Trinajstić information content (AvgIpc) is 2.95. The van der Waals surface area contributed by atoms with E-state index in [0.29, 0.717) is 6.61 Å². The number of amides is 1. The highest BCUT2D eigenvalue weighted by molar-refractivity contribution is 5.83. The first-order valence-corrected chi connectivity index (χ1v) is 7.36. The van der Waals surface area contributed by atoms with E-state index < -0.39 is 11.6 Å². The van der Waals surface area contributed by atoms with Crippen molar-refractivity contribution in [1.82, 2.24) is 5.32 Å². The largest absolute Gasteiger partial charge is 0.394 e. The smallest absolute Gasteiger partial charge is 0.254 e. The van der Waals surface area contributed by atoms with Crippen LogP contribution in [-0.4, -0.2) is 29.8 Å². The van der Waals surface area contributed by atoms with Crippen LogP contribution in [-0.2, 0) is 16.0 Å². The van der Waals surface area contributed by atoms with Gasteiger partial charge in [-0.2, -0.15) is 0 Å². The monoisotopic (exact) mass is 275 g/mol. The molecule has 2 aliphatic rings. The van der Waals surface area contributed by atoms with Gasteiger partial charge in [0.2, 0.25) is 0 Å². The van der Waals surface area contributed by atoms with Crippen LogP contribution in [0.25, 0.3) is 0 Å². The predicted octanol–water partition coefficient (Wildman–Crippen LogP) is 1.72. The molecule has 1 heterocycles. The van der Waals surface area contributed by atoms with Gasteiger partial charge in [-0.05, 0) is 30.4 Å². The van der Waals surface area contributed by atoms with E-state index in [1.165, 1.54) is 5.56 Å². The first-order valence-electron chi connectivity index (χ1n) is 7.36. The summed E-state index contributed by atoms with van der Waals surface area (Å²) in [4.78, 5) is 12.5. The van der Waals surface area contributed by atoms with Crippen LogP contribution in [0, 0.1) is 0 Å². The number of hydrogen-bond acceptors (Lipinski definition) is 3. The Morgan fingerprint density at radius 1 is 1.35 bits per heavy atom. The zero-order chi connectivity index (χ0) is 14.0. The van der Waals surface area contributed by atoms with Gasteiger partial charge in [0.25, 0.3) is 5.91 Å². The molecular formula is C16H21NO3. The average molecular weight is 275 g/mol. The van der Waals surface area contributed by atoms with Crippen LogP contribution in [0.2, 0.25) is 0 Å². The minimum absolute atomic E-state index is 0.00705. The maximum absolute atomic E-state index is 12.5. The highest BCUT2D eigenvalue weighted by Gasteiger charge is 2.37. The lowest BCUT2D eigenvalue weighted by Crippen LogP contribution is -2.51. The van der Waals surface area contributed by atoms with E-state index in [1.807, 2.05) is 18.2 Å². The van der Waals surface area contributed by atoms with Crippen molar-refractivity contribution in [3.63, 3.8) is 0 Å². The lowest BCUT2D eigenvalue weighted by Gasteiger charge is -2.32. The van der Waals surface area contributed by atoms with Crippen molar-refractivity contribution < 1.29 is 14.6 Å². The van der Waals surface area contributed by atoms with Gasteiger partial charge in [-0.25, -0.2) is 0 Å². The summed E-state index contributed by atoms with van der Waals surface area (Å²) >= 11 is 0. The molecule has 3 rings (SSSR count). The third kappa shape index (κ3) is 2.45. The van der Waals surface area contributed by atoms with Crippen molar-refractivity contribution in [3.05, 3.63) is 35.4 Å². The summed E-state index contributed by atoms with van der Waals surface area (Å²) in [6.45, 7) is 0.578. The number of benzene rings is 1. The molecule has 4 nitrogen and oxygen atoms in total. The van der Waals surface area contributed by atoms with Gasteiger partial charge >= 0.3 is 0 Å². The van der Waals surface area contributed by atoms with Crippen molar-refractivity contribution in [2.24, 2.45) is 0 Å². The van der Waals surface area contributed by atoms with E-state index in [4.69, 9.17) is 4.74 Å². The fourth-order valence-corrected chi connectivity index (χ4v) is 3.31. The van der Waals surface area contributed by atoms with Gasteiger partial charge in [0, 0.05) is 0 Å². The normalized spacial score (nSPS) is 24.1. The van der Waals surface area contributed by atoms with Crippen LogP contribution in [0.1, 0.15) is 42.9 Å². The molecule has 1 fully saturated rings. The van der Waals surface area contributed by atoms with E-state index in [-0.39, 0.29) is 12.5 Å². The number of ether oxygens (including phenoxy) is 1. The minimum Gasteiger partial charge on any atom is -0.394 e. The number of rotatable bonds is 3. The van der Waals surface area contributed by atoms with Gasteiger partial charge in [-0.1, -0.05) is 37.1 Å². The molecule has 1 amide bonds. The summed E-state index contributed by atoms with van der Waals surface area (Å²) in [7, 11) is 0. The molecular weight excluding hydrogens is 254 g/mol. The topological polar surface area (TPSA) is 58.6 Å². The Morgan fingerprint density at radius 2 is 2.10 bits per heavy atom. The van der Waals surface area contributed by atoms with Crippen LogP contribution in [0.4, 0.5) is 0 Å². The molecule has 1 aliphatic heterocycles. The fourth-order valence-electron chi connectivity index (χ4n) is 3.31. The lowest BCUT2D eigenvalue weighted by atomic mass is 9.94. The Kier molecular flexibility index (Phi) is 3.76. The molecule has 0 radical (unpaired) electrons. The van der Waals surface area contributed by atoms with Gasteiger partial charge < -0.3 is 15.2 Å². The molecule has 1 aromatic rings. The van der Waals surface area contributed by atoms with E-state index >= 15 is 0 Å². The SMILES string of the molecule is O=C(NC1(CO)CCCC1)C1OCCc2ccccc21. The number of nitrogens with one attached hydrogen (secondary N) is 1. The Bertz CT molecular complexity index is 494. The summed E-state index contributed by atoms with van der Waals surface area (Å²) in [5.41, 5.74) is 1.71. The molecule has 1 aromatic carbocycles. The summed E-state index contributed by atoms with van der Waals surface area (Å²) < 4.78 is 5.67. The van der Waals surface area contributed by atoms with Gasteiger partial charge in [-0.15, -0.1) is 0 Å². The van der Waals surface area contributed by atoms with Crippen molar-refractivity contribution in [1.29, 1.82) is 0 Å². The van der Waals surface area contributed by atoms with Crippen LogP contribution >= 0.6 is 0 Å². The number of fused-ring (bicyclic) bond motifs is 1. The van der Waals surface area contributed by atoms with Crippen molar-refractivity contribution in [2.45, 2.75) is 43.7 Å². The highest BCUT2D eigenvalue weighted by atomic mass is 16.5. The number of aliphatic hydroxyl groups excluding tert-OH is 1. The van der Waals surface area contributed by atoms with Crippen LogP contribution in [0.15, 0.2) is 24.3 Å². The fraction of sp³-hybridized carbons (Fsp3) is 0.562. The zero-order valence-corrected chi connectivity index (χ0v) is 11.6. The Hall–Kier alpha value is -1.39. The first kappa shape index (κ1) is 13.6. The Balaban J connectivity index is 1.78. The molecule has 1 unspecified atom stereocenters. The highest BCUT2D eigenvalue weighted by Crippen LogP contribution is 2.32. The molecule has 0 saturated heterocycles. The van der Waals surface area contributed by atoms with Crippen LogP contribution < -0.4 is 5.32 Å². The van der Waals surface area contributed by atoms with E-state index in [2.05, 4.69) is 11.4 Å². The molecule has 0 spiro atoms. The summed E-state index contributed by atoms with van der Waals surface area (Å²) in [6, 6.07) is 7.94. The third-order valence-corrected chi connectivity index (χ3v) is 4.48. The predicted molar refractivity (Wildman–Crippen MR) is 75.3 cm³/mol. The van der Waals surface area contributed by atoms with Gasteiger partial charge in [0.05, 0.1) is 18.8 Å². The van der Waals surface area contributed by atoms with Gasteiger partial charge in [-0.3, -0.25) is 4.79 Å². The summed E-state index contributed by atoms with van der Waals surface area (Å²) in [5.74, 6) is -0.117. The molecule has 108 valence electrons. The zero-order valence-electron chi connectivity index (χ0n) is 11.6. The quantitative estimate of drug-likeness (QED) is 0.883. The maximum Gasteiger partial charge on any atom is 0.254 e. The summed E-state index contributed by atoms with van der Waals surface area (Å²) in [6.07, 6.45) is 4.13. The number of hydrogen-bond donors (Lipinski definition) is 2. The summed E-state index contributed by atoms with van der Waals surface area (Å²) in [5, 5.41) is 12.6. The molecule has 1 saturated carbocycles. The first-order chi connectivity index (χ1) is 9.74. The van der Waals surface area contributed by atoms with Gasteiger partial charge in [0.15, 0.2) is 6.10 Å². The van der Waals surface area contributed by atoms with Crippen LogP contribution in [0.3, 0.4) is 0 Å². The Morgan fingerprint density at radius 3 is 2.85 bits per heavy atom. The second kappa shape index (κ2) is 5.54. The molecule has 20 heavy (non-hydrogen) atoms. The Labute approximate surface area is 119 Å². The van der Waals surface area contributed by atoms with Crippen molar-refractivity contribution in [3.8, 4) is 0 Å². The molecule has 1 atom stereocenters. The number of carbonyl (C=O) groups is 1. The lowest BCUT2D eigenvalue weighted by molar-refractivity contribution is -0.136.